The molecule has 0 saturated carbocycles. The lowest BCUT2D eigenvalue weighted by molar-refractivity contribution is 0.545. The van der Waals surface area contributed by atoms with E-state index in [-0.39, 0.29) is 11.9 Å². The van der Waals surface area contributed by atoms with E-state index in [2.05, 4.69) is 47.1 Å². The number of benzene rings is 2. The molecule has 0 amide bonds. The van der Waals surface area contributed by atoms with E-state index in [1.807, 2.05) is 12.1 Å². The minimum absolute atomic E-state index is 0.0198. The summed E-state index contributed by atoms with van der Waals surface area (Å²) in [6, 6.07) is 13.0. The minimum atomic E-state index is -0.222. The molecule has 0 radical (unpaired) electrons. The Balaban J connectivity index is 2.28. The molecule has 0 aromatic heterocycles. The summed E-state index contributed by atoms with van der Waals surface area (Å²) in [7, 11) is 0. The number of hydrogen-bond acceptors (Lipinski definition) is 2. The maximum atomic E-state index is 13.1. The Morgan fingerprint density at radius 3 is 2.63 bits per heavy atom. The van der Waals surface area contributed by atoms with Crippen molar-refractivity contribution in [1.82, 2.24) is 5.43 Å². The highest BCUT2D eigenvalue weighted by molar-refractivity contribution is 14.1. The van der Waals surface area contributed by atoms with Gasteiger partial charge in [-0.2, -0.15) is 0 Å². The van der Waals surface area contributed by atoms with Crippen LogP contribution in [0.15, 0.2) is 42.5 Å². The fourth-order valence-electron chi connectivity index (χ4n) is 2.10. The lowest BCUT2D eigenvalue weighted by atomic mass is 9.96. The smallest absolute Gasteiger partial charge is 0.124 e. The lowest BCUT2D eigenvalue weighted by Gasteiger charge is -2.19. The Kier molecular flexibility index (Phi) is 4.90. The van der Waals surface area contributed by atoms with Crippen LogP contribution in [0.2, 0.25) is 0 Å². The monoisotopic (exact) mass is 370 g/mol. The van der Waals surface area contributed by atoms with Crippen molar-refractivity contribution < 1.29 is 4.39 Å². The Hall–Kier alpha value is -0.980. The predicted molar refractivity (Wildman–Crippen MR) is 84.1 cm³/mol. The molecule has 2 rings (SSSR count). The molecule has 1 atom stereocenters. The summed E-state index contributed by atoms with van der Waals surface area (Å²) in [6.45, 7) is 2.08. The van der Waals surface area contributed by atoms with Crippen molar-refractivity contribution in [3.05, 3.63) is 68.5 Å². The molecule has 0 bridgehead atoms. The molecular weight excluding hydrogens is 354 g/mol. The van der Waals surface area contributed by atoms with Gasteiger partial charge in [-0.15, -0.1) is 0 Å². The summed E-state index contributed by atoms with van der Waals surface area (Å²) in [5, 5.41) is 0. The van der Waals surface area contributed by atoms with E-state index in [0.29, 0.717) is 0 Å². The fraction of sp³-hybridized carbons (Fsp3) is 0.200. The Morgan fingerprint density at radius 2 is 2.00 bits per heavy atom. The van der Waals surface area contributed by atoms with Gasteiger partial charge in [-0.25, -0.2) is 4.39 Å². The van der Waals surface area contributed by atoms with Crippen LogP contribution in [0.4, 0.5) is 4.39 Å². The van der Waals surface area contributed by atoms with E-state index in [0.717, 1.165) is 15.6 Å². The molecule has 3 N–H and O–H groups in total. The zero-order valence-corrected chi connectivity index (χ0v) is 12.8. The van der Waals surface area contributed by atoms with Gasteiger partial charge in [0, 0.05) is 3.57 Å². The van der Waals surface area contributed by atoms with E-state index in [1.165, 1.54) is 23.3 Å². The van der Waals surface area contributed by atoms with Crippen LogP contribution in [0.1, 0.15) is 22.7 Å². The Labute approximate surface area is 126 Å². The van der Waals surface area contributed by atoms with E-state index in [9.17, 15) is 4.39 Å². The number of rotatable bonds is 4. The molecule has 2 aromatic rings. The number of aryl methyl sites for hydroxylation is 1. The molecule has 19 heavy (non-hydrogen) atoms. The van der Waals surface area contributed by atoms with Gasteiger partial charge in [0.1, 0.15) is 5.82 Å². The molecule has 0 spiro atoms. The summed E-state index contributed by atoms with van der Waals surface area (Å²) < 4.78 is 14.0. The maximum absolute atomic E-state index is 13.1. The third kappa shape index (κ3) is 3.52. The van der Waals surface area contributed by atoms with Crippen molar-refractivity contribution in [2.24, 2.45) is 5.84 Å². The summed E-state index contributed by atoms with van der Waals surface area (Å²) in [6.07, 6.45) is 0.783. The van der Waals surface area contributed by atoms with Crippen LogP contribution in [-0.4, -0.2) is 0 Å². The van der Waals surface area contributed by atoms with Gasteiger partial charge in [0.25, 0.3) is 0 Å². The van der Waals surface area contributed by atoms with Crippen LogP contribution in [0.25, 0.3) is 0 Å². The van der Waals surface area contributed by atoms with E-state index in [1.54, 1.807) is 6.07 Å². The first-order chi connectivity index (χ1) is 9.11. The molecular formula is C15H16FIN2. The molecule has 0 aliphatic rings. The minimum Gasteiger partial charge on any atom is -0.271 e. The molecule has 0 saturated heterocycles. The summed E-state index contributed by atoms with van der Waals surface area (Å²) in [4.78, 5) is 0. The Bertz CT molecular complexity index is 572. The van der Waals surface area contributed by atoms with Gasteiger partial charge in [-0.05, 0) is 64.8 Å². The largest absolute Gasteiger partial charge is 0.271 e. The van der Waals surface area contributed by atoms with Gasteiger partial charge in [0.15, 0.2) is 0 Å². The average molecular weight is 370 g/mol. The molecule has 100 valence electrons. The summed E-state index contributed by atoms with van der Waals surface area (Å²) in [5.41, 5.74) is 6.33. The van der Waals surface area contributed by atoms with Crippen LogP contribution >= 0.6 is 22.6 Å². The molecule has 2 nitrogen and oxygen atoms in total. The average Bonchev–Trinajstić information content (AvgIpc) is 2.39. The Morgan fingerprint density at radius 1 is 1.26 bits per heavy atom. The van der Waals surface area contributed by atoms with E-state index >= 15 is 0 Å². The van der Waals surface area contributed by atoms with Crippen LogP contribution in [0.5, 0.6) is 0 Å². The van der Waals surface area contributed by atoms with Crippen molar-refractivity contribution in [3.8, 4) is 0 Å². The quantitative estimate of drug-likeness (QED) is 0.491. The normalized spacial score (nSPS) is 12.4. The number of nitrogens with one attached hydrogen (secondary N) is 1. The van der Waals surface area contributed by atoms with Gasteiger partial charge >= 0.3 is 0 Å². The van der Waals surface area contributed by atoms with Gasteiger partial charge in [0.05, 0.1) is 6.04 Å². The third-order valence-corrected chi connectivity index (χ3v) is 4.16. The highest BCUT2D eigenvalue weighted by atomic mass is 127. The van der Waals surface area contributed by atoms with Crippen molar-refractivity contribution >= 4 is 22.6 Å². The fourth-order valence-corrected chi connectivity index (χ4v) is 2.95. The summed E-state index contributed by atoms with van der Waals surface area (Å²) in [5.74, 6) is 5.44. The van der Waals surface area contributed by atoms with E-state index < -0.39 is 0 Å². The van der Waals surface area contributed by atoms with Gasteiger partial charge in [-0.1, -0.05) is 30.3 Å². The second-order valence-electron chi connectivity index (χ2n) is 4.52. The lowest BCUT2D eigenvalue weighted by Crippen LogP contribution is -2.30. The molecule has 0 aliphatic heterocycles. The van der Waals surface area contributed by atoms with Crippen LogP contribution in [0.3, 0.4) is 0 Å². The first kappa shape index (κ1) is 14.4. The number of hydrogen-bond donors (Lipinski definition) is 2. The molecule has 0 aliphatic carbocycles. The molecule has 1 unspecified atom stereocenters. The SMILES string of the molecule is Cc1ccccc1CC(NN)c1ccc(F)cc1I. The van der Waals surface area contributed by atoms with Crippen LogP contribution in [0, 0.1) is 16.3 Å². The van der Waals surface area contributed by atoms with Crippen LogP contribution < -0.4 is 11.3 Å². The first-order valence-electron chi connectivity index (χ1n) is 6.07. The first-order valence-corrected chi connectivity index (χ1v) is 7.15. The van der Waals surface area contributed by atoms with Gasteiger partial charge in [0.2, 0.25) is 0 Å². The number of halogens is 2. The van der Waals surface area contributed by atoms with Gasteiger partial charge in [-0.3, -0.25) is 11.3 Å². The van der Waals surface area contributed by atoms with Crippen molar-refractivity contribution in [2.75, 3.05) is 0 Å². The maximum Gasteiger partial charge on any atom is 0.124 e. The molecule has 0 fully saturated rings. The number of hydrazine groups is 1. The summed E-state index contributed by atoms with van der Waals surface area (Å²) >= 11 is 2.14. The van der Waals surface area contributed by atoms with Crippen molar-refractivity contribution in [3.63, 3.8) is 0 Å². The highest BCUT2D eigenvalue weighted by Gasteiger charge is 2.15. The number of nitrogens with two attached hydrogens (primary N) is 1. The van der Waals surface area contributed by atoms with Crippen molar-refractivity contribution in [1.29, 1.82) is 0 Å². The molecule has 2 aromatic carbocycles. The second kappa shape index (κ2) is 6.45. The second-order valence-corrected chi connectivity index (χ2v) is 5.68. The molecule has 4 heteroatoms. The molecule has 0 heterocycles. The van der Waals surface area contributed by atoms with Crippen molar-refractivity contribution in [2.45, 2.75) is 19.4 Å². The zero-order valence-electron chi connectivity index (χ0n) is 10.7. The third-order valence-electron chi connectivity index (χ3n) is 3.22. The standard InChI is InChI=1S/C15H16FIN2/c1-10-4-2-3-5-11(10)8-15(19-18)13-7-6-12(16)9-14(13)17/h2-7,9,15,19H,8,18H2,1H3. The topological polar surface area (TPSA) is 38.0 Å². The van der Waals surface area contributed by atoms with Gasteiger partial charge < -0.3 is 0 Å². The highest BCUT2D eigenvalue weighted by Crippen LogP contribution is 2.24. The zero-order chi connectivity index (χ0) is 13.8. The predicted octanol–water partition coefficient (Wildman–Crippen LogP) is 3.49. The van der Waals surface area contributed by atoms with E-state index in [4.69, 9.17) is 5.84 Å². The van der Waals surface area contributed by atoms with Crippen LogP contribution in [-0.2, 0) is 6.42 Å².